The van der Waals surface area contributed by atoms with Crippen LogP contribution in [0.15, 0.2) is 29.6 Å². The van der Waals surface area contributed by atoms with E-state index in [-0.39, 0.29) is 23.9 Å². The number of nitrogens with two attached hydrogens (primary N) is 1. The molecule has 28 heavy (non-hydrogen) atoms. The summed E-state index contributed by atoms with van der Waals surface area (Å²) in [5.41, 5.74) is 5.52. The highest BCUT2D eigenvalue weighted by atomic mass is 32.1. The molecule has 9 heteroatoms. The third kappa shape index (κ3) is 4.89. The first kappa shape index (κ1) is 20.3. The minimum absolute atomic E-state index is 0.00434. The highest BCUT2D eigenvalue weighted by molar-refractivity contribution is 7.09. The summed E-state index contributed by atoms with van der Waals surface area (Å²) >= 11 is 1.41. The van der Waals surface area contributed by atoms with Gasteiger partial charge in [0.1, 0.15) is 5.69 Å². The van der Waals surface area contributed by atoms with Gasteiger partial charge in [0.15, 0.2) is 0 Å². The van der Waals surface area contributed by atoms with Crippen molar-refractivity contribution >= 4 is 23.2 Å². The summed E-state index contributed by atoms with van der Waals surface area (Å²) in [7, 11) is 0. The Morgan fingerprint density at radius 3 is 2.36 bits per heavy atom. The lowest BCUT2D eigenvalue weighted by molar-refractivity contribution is -0.137. The number of aryl methyl sites for hydroxylation is 1. The lowest BCUT2D eigenvalue weighted by Gasteiger charge is -2.31. The van der Waals surface area contributed by atoms with E-state index in [0.29, 0.717) is 25.1 Å². The van der Waals surface area contributed by atoms with Crippen LogP contribution in [0.3, 0.4) is 0 Å². The molecule has 1 aliphatic heterocycles. The summed E-state index contributed by atoms with van der Waals surface area (Å²) < 4.78 is 37.8. The summed E-state index contributed by atoms with van der Waals surface area (Å²) in [5, 5.41) is 2.52. The zero-order valence-corrected chi connectivity index (χ0v) is 15.9. The number of rotatable bonds is 5. The predicted molar refractivity (Wildman–Crippen MR) is 99.0 cm³/mol. The Morgan fingerprint density at radius 2 is 1.82 bits per heavy atom. The Bertz CT molecular complexity index is 841. The first-order valence-corrected chi connectivity index (χ1v) is 9.81. The Labute approximate surface area is 164 Å². The molecule has 2 N–H and O–H groups in total. The lowest BCUT2D eigenvalue weighted by atomic mass is 9.97. The largest absolute Gasteiger partial charge is 0.416 e. The fraction of sp³-hybridized carbons (Fsp3) is 0.421. The predicted octanol–water partition coefficient (Wildman–Crippen LogP) is 3.60. The van der Waals surface area contributed by atoms with E-state index in [4.69, 9.17) is 5.73 Å². The van der Waals surface area contributed by atoms with Crippen molar-refractivity contribution in [3.63, 3.8) is 0 Å². The van der Waals surface area contributed by atoms with Crippen molar-refractivity contribution in [3.05, 3.63) is 51.5 Å². The Kier molecular flexibility index (Phi) is 6.02. The highest BCUT2D eigenvalue weighted by Crippen LogP contribution is 2.31. The van der Waals surface area contributed by atoms with E-state index in [9.17, 15) is 22.8 Å². The minimum atomic E-state index is -4.35. The summed E-state index contributed by atoms with van der Waals surface area (Å²) in [5.74, 6) is -0.342. The summed E-state index contributed by atoms with van der Waals surface area (Å²) in [6.07, 6.45) is -2.16. The Hall–Kier alpha value is -2.42. The number of hydrogen-bond donors (Lipinski definition) is 1. The number of likely N-dealkylation sites (tertiary alicyclic amines) is 1. The maximum Gasteiger partial charge on any atom is 0.416 e. The molecule has 0 radical (unpaired) electrons. The fourth-order valence-electron chi connectivity index (χ4n) is 3.23. The molecule has 1 aromatic carbocycles. The molecule has 1 aliphatic rings. The maximum absolute atomic E-state index is 12.6. The molecule has 3 rings (SSSR count). The molecule has 0 bridgehead atoms. The van der Waals surface area contributed by atoms with Crippen LogP contribution in [-0.2, 0) is 17.4 Å². The molecule has 0 atom stereocenters. The summed E-state index contributed by atoms with van der Waals surface area (Å²) in [6, 6.07) is 4.92. The quantitative estimate of drug-likeness (QED) is 0.817. The molecule has 0 unspecified atom stereocenters. The SMILES string of the molecule is NC(=O)c1csc(C2CCN(C(=O)CCc3ccc(C(F)(F)F)cc3)CC2)n1. The third-order valence-electron chi connectivity index (χ3n) is 4.88. The second kappa shape index (κ2) is 8.30. The van der Waals surface area contributed by atoms with Crippen LogP contribution in [0.1, 0.15) is 51.8 Å². The molecular formula is C19H20F3N3O2S. The third-order valence-corrected chi connectivity index (χ3v) is 5.89. The van der Waals surface area contributed by atoms with E-state index in [1.807, 2.05) is 0 Å². The number of thiazole rings is 1. The molecular weight excluding hydrogens is 391 g/mol. The van der Waals surface area contributed by atoms with Crippen molar-refractivity contribution in [2.24, 2.45) is 5.73 Å². The monoisotopic (exact) mass is 411 g/mol. The van der Waals surface area contributed by atoms with Crippen molar-refractivity contribution < 1.29 is 22.8 Å². The summed E-state index contributed by atoms with van der Waals surface area (Å²) in [4.78, 5) is 29.6. The number of nitrogens with zero attached hydrogens (tertiary/aromatic N) is 2. The molecule has 0 aliphatic carbocycles. The first-order chi connectivity index (χ1) is 13.2. The second-order valence-corrected chi connectivity index (χ2v) is 7.67. The standard InChI is InChI=1S/C19H20F3N3O2S/c20-19(21,22)14-4-1-12(2-5-14)3-6-16(26)25-9-7-13(8-10-25)18-24-15(11-28-18)17(23)27/h1-2,4-5,11,13H,3,6-10H2,(H2,23,27). The van der Waals surface area contributed by atoms with Gasteiger partial charge in [-0.3, -0.25) is 9.59 Å². The van der Waals surface area contributed by atoms with Crippen molar-refractivity contribution in [2.75, 3.05) is 13.1 Å². The van der Waals surface area contributed by atoms with Crippen LogP contribution < -0.4 is 5.73 Å². The maximum atomic E-state index is 12.6. The zero-order chi connectivity index (χ0) is 20.3. The smallest absolute Gasteiger partial charge is 0.364 e. The number of hydrogen-bond acceptors (Lipinski definition) is 4. The molecule has 0 saturated carbocycles. The molecule has 5 nitrogen and oxygen atoms in total. The van der Waals surface area contributed by atoms with Crippen LogP contribution in [0.2, 0.25) is 0 Å². The van der Waals surface area contributed by atoms with Gasteiger partial charge in [0, 0.05) is 30.8 Å². The molecule has 2 aromatic rings. The average molecular weight is 411 g/mol. The number of piperidine rings is 1. The van der Waals surface area contributed by atoms with Gasteiger partial charge in [0.25, 0.3) is 5.91 Å². The van der Waals surface area contributed by atoms with Gasteiger partial charge in [-0.2, -0.15) is 13.2 Å². The lowest BCUT2D eigenvalue weighted by Crippen LogP contribution is -2.38. The molecule has 0 spiro atoms. The Morgan fingerprint density at radius 1 is 1.18 bits per heavy atom. The van der Waals surface area contributed by atoms with Gasteiger partial charge in [-0.25, -0.2) is 4.98 Å². The van der Waals surface area contributed by atoms with Gasteiger partial charge in [-0.15, -0.1) is 11.3 Å². The van der Waals surface area contributed by atoms with E-state index >= 15 is 0 Å². The summed E-state index contributed by atoms with van der Waals surface area (Å²) in [6.45, 7) is 1.20. The number of aromatic nitrogens is 1. The molecule has 1 aromatic heterocycles. The van der Waals surface area contributed by atoms with Gasteiger partial charge < -0.3 is 10.6 Å². The first-order valence-electron chi connectivity index (χ1n) is 8.93. The number of alkyl halides is 3. The number of carbonyl (C=O) groups is 2. The minimum Gasteiger partial charge on any atom is -0.364 e. The van der Waals surface area contributed by atoms with Crippen molar-refractivity contribution in [2.45, 2.75) is 37.8 Å². The topological polar surface area (TPSA) is 76.3 Å². The zero-order valence-electron chi connectivity index (χ0n) is 15.0. The molecule has 1 fully saturated rings. The highest BCUT2D eigenvalue weighted by Gasteiger charge is 2.30. The van der Waals surface area contributed by atoms with Crippen molar-refractivity contribution in [1.29, 1.82) is 0 Å². The van der Waals surface area contributed by atoms with E-state index in [1.165, 1.54) is 23.5 Å². The number of primary amides is 1. The van der Waals surface area contributed by atoms with Gasteiger partial charge >= 0.3 is 6.18 Å². The van der Waals surface area contributed by atoms with E-state index in [2.05, 4.69) is 4.98 Å². The second-order valence-electron chi connectivity index (χ2n) is 6.78. The van der Waals surface area contributed by atoms with Crippen LogP contribution in [0.5, 0.6) is 0 Å². The van der Waals surface area contributed by atoms with Crippen LogP contribution in [-0.4, -0.2) is 34.8 Å². The average Bonchev–Trinajstić information content (AvgIpc) is 3.16. The van der Waals surface area contributed by atoms with Gasteiger partial charge in [-0.1, -0.05) is 12.1 Å². The molecule has 2 amide bonds. The normalized spacial score (nSPS) is 15.6. The van der Waals surface area contributed by atoms with Crippen LogP contribution in [0, 0.1) is 0 Å². The number of amides is 2. The molecule has 150 valence electrons. The number of carbonyl (C=O) groups excluding carboxylic acids is 2. The van der Waals surface area contributed by atoms with E-state index < -0.39 is 17.6 Å². The van der Waals surface area contributed by atoms with Crippen molar-refractivity contribution in [3.8, 4) is 0 Å². The fourth-order valence-corrected chi connectivity index (χ4v) is 4.21. The van der Waals surface area contributed by atoms with Crippen molar-refractivity contribution in [1.82, 2.24) is 9.88 Å². The van der Waals surface area contributed by atoms with Crippen LogP contribution in [0.4, 0.5) is 13.2 Å². The molecule has 2 heterocycles. The van der Waals surface area contributed by atoms with E-state index in [0.717, 1.165) is 30.0 Å². The molecule has 1 saturated heterocycles. The van der Waals surface area contributed by atoms with Gasteiger partial charge in [-0.05, 0) is 37.0 Å². The van der Waals surface area contributed by atoms with Gasteiger partial charge in [0.2, 0.25) is 5.91 Å². The van der Waals surface area contributed by atoms with Gasteiger partial charge in [0.05, 0.1) is 10.6 Å². The van der Waals surface area contributed by atoms with Crippen LogP contribution in [0.25, 0.3) is 0 Å². The number of benzene rings is 1. The van der Waals surface area contributed by atoms with E-state index in [1.54, 1.807) is 10.3 Å². The Balaban J connectivity index is 1.48. The number of halogens is 3. The van der Waals surface area contributed by atoms with Crippen LogP contribution >= 0.6 is 11.3 Å².